The number of esters is 1. The van der Waals surface area contributed by atoms with E-state index in [1.54, 1.807) is 19.1 Å². The fourth-order valence-electron chi connectivity index (χ4n) is 1.77. The van der Waals surface area contributed by atoms with Crippen LogP contribution in [0.25, 0.3) is 10.1 Å². The van der Waals surface area contributed by atoms with Crippen molar-refractivity contribution in [2.45, 2.75) is 6.92 Å². The summed E-state index contributed by atoms with van der Waals surface area (Å²) in [4.78, 5) is 25.3. The molecule has 1 aromatic heterocycles. The number of likely N-dealkylation sites (N-methyl/N-ethyl adjacent to an activating group) is 1. The zero-order chi connectivity index (χ0) is 14.7. The molecule has 0 N–H and O–H groups in total. The summed E-state index contributed by atoms with van der Waals surface area (Å²) in [7, 11) is 1.53. The normalized spacial score (nSPS) is 10.6. The Kier molecular flexibility index (Phi) is 4.34. The molecule has 20 heavy (non-hydrogen) atoms. The molecule has 0 fully saturated rings. The molecule has 0 unspecified atom stereocenters. The van der Waals surface area contributed by atoms with Crippen molar-refractivity contribution >= 4 is 33.3 Å². The molecule has 4 nitrogen and oxygen atoms in total. The average molecular weight is 295 g/mol. The molecule has 0 atom stereocenters. The molecule has 1 aromatic carbocycles. The van der Waals surface area contributed by atoms with Gasteiger partial charge in [0.15, 0.2) is 0 Å². The highest BCUT2D eigenvalue weighted by atomic mass is 32.1. The first kappa shape index (κ1) is 14.5. The lowest BCUT2D eigenvalue weighted by molar-refractivity contribution is -0.143. The second-order valence-corrected chi connectivity index (χ2v) is 5.34. The van der Waals surface area contributed by atoms with Gasteiger partial charge in [-0.1, -0.05) is 6.07 Å². The van der Waals surface area contributed by atoms with Crippen LogP contribution in [0.3, 0.4) is 0 Å². The SMILES string of the molecule is CCOC(=O)CN(C)C(=O)c1cc2ccc(F)cc2s1. The number of hydrogen-bond acceptors (Lipinski definition) is 4. The summed E-state index contributed by atoms with van der Waals surface area (Å²) >= 11 is 1.20. The number of rotatable bonds is 4. The van der Waals surface area contributed by atoms with Gasteiger partial charge in [0.2, 0.25) is 0 Å². The molecule has 0 spiro atoms. The van der Waals surface area contributed by atoms with Gasteiger partial charge in [-0.25, -0.2) is 4.39 Å². The minimum atomic E-state index is -0.449. The highest BCUT2D eigenvalue weighted by Gasteiger charge is 2.18. The maximum atomic E-state index is 13.1. The van der Waals surface area contributed by atoms with E-state index in [-0.39, 0.29) is 24.9 Å². The predicted octanol–water partition coefficient (Wildman–Crippen LogP) is 2.68. The molecule has 106 valence electrons. The Labute approximate surface area is 119 Å². The first-order chi connectivity index (χ1) is 9.51. The molecule has 0 aliphatic rings. The van der Waals surface area contributed by atoms with Crippen molar-refractivity contribution < 1.29 is 18.7 Å². The van der Waals surface area contributed by atoms with Crippen molar-refractivity contribution in [3.05, 3.63) is 35.0 Å². The van der Waals surface area contributed by atoms with Gasteiger partial charge >= 0.3 is 5.97 Å². The van der Waals surface area contributed by atoms with Gasteiger partial charge in [-0.2, -0.15) is 0 Å². The average Bonchev–Trinajstić information content (AvgIpc) is 2.80. The van der Waals surface area contributed by atoms with E-state index in [9.17, 15) is 14.0 Å². The molecule has 0 bridgehead atoms. The van der Waals surface area contributed by atoms with E-state index in [4.69, 9.17) is 4.74 Å². The van der Waals surface area contributed by atoms with Crippen molar-refractivity contribution in [2.75, 3.05) is 20.2 Å². The van der Waals surface area contributed by atoms with Crippen LogP contribution in [-0.4, -0.2) is 37.0 Å². The number of benzene rings is 1. The van der Waals surface area contributed by atoms with Crippen molar-refractivity contribution in [1.82, 2.24) is 4.90 Å². The number of carbonyl (C=O) groups is 2. The topological polar surface area (TPSA) is 46.6 Å². The molecule has 0 saturated carbocycles. The molecule has 2 aromatic rings. The minimum absolute atomic E-state index is 0.102. The van der Waals surface area contributed by atoms with Gasteiger partial charge in [-0.3, -0.25) is 9.59 Å². The first-order valence-corrected chi connectivity index (χ1v) is 6.93. The summed E-state index contributed by atoms with van der Waals surface area (Å²) < 4.78 is 18.6. The van der Waals surface area contributed by atoms with E-state index in [1.165, 1.54) is 35.4 Å². The number of fused-ring (bicyclic) bond motifs is 1. The molecular weight excluding hydrogens is 281 g/mol. The van der Waals surface area contributed by atoms with E-state index < -0.39 is 5.97 Å². The lowest BCUT2D eigenvalue weighted by Crippen LogP contribution is -2.32. The third kappa shape index (κ3) is 3.14. The Bertz CT molecular complexity index is 653. The van der Waals surface area contributed by atoms with Crippen LogP contribution >= 0.6 is 11.3 Å². The highest BCUT2D eigenvalue weighted by Crippen LogP contribution is 2.27. The molecule has 0 aliphatic heterocycles. The van der Waals surface area contributed by atoms with Gasteiger partial charge < -0.3 is 9.64 Å². The third-order valence-electron chi connectivity index (χ3n) is 2.71. The monoisotopic (exact) mass is 295 g/mol. The molecular formula is C14H14FNO3S. The van der Waals surface area contributed by atoms with Crippen LogP contribution in [0.2, 0.25) is 0 Å². The second-order valence-electron chi connectivity index (χ2n) is 4.26. The van der Waals surface area contributed by atoms with Crippen LogP contribution in [0.5, 0.6) is 0 Å². The Hall–Kier alpha value is -1.95. The van der Waals surface area contributed by atoms with E-state index >= 15 is 0 Å². The fraction of sp³-hybridized carbons (Fsp3) is 0.286. The van der Waals surface area contributed by atoms with Gasteiger partial charge in [0, 0.05) is 11.7 Å². The third-order valence-corrected chi connectivity index (χ3v) is 3.80. The van der Waals surface area contributed by atoms with Crippen LogP contribution in [0.15, 0.2) is 24.3 Å². The van der Waals surface area contributed by atoms with Crippen molar-refractivity contribution in [3.63, 3.8) is 0 Å². The number of nitrogens with zero attached hydrogens (tertiary/aromatic N) is 1. The van der Waals surface area contributed by atoms with Gasteiger partial charge in [-0.05, 0) is 30.5 Å². The van der Waals surface area contributed by atoms with E-state index in [2.05, 4.69) is 0 Å². The molecule has 0 radical (unpaired) electrons. The number of thiophene rings is 1. The minimum Gasteiger partial charge on any atom is -0.465 e. The maximum Gasteiger partial charge on any atom is 0.325 e. The van der Waals surface area contributed by atoms with Crippen molar-refractivity contribution in [3.8, 4) is 0 Å². The van der Waals surface area contributed by atoms with Crippen molar-refractivity contribution in [1.29, 1.82) is 0 Å². The number of amides is 1. The largest absolute Gasteiger partial charge is 0.465 e. The molecule has 1 heterocycles. The summed E-state index contributed by atoms with van der Waals surface area (Å²) in [5, 5.41) is 0.810. The lowest BCUT2D eigenvalue weighted by atomic mass is 10.2. The summed E-state index contributed by atoms with van der Waals surface area (Å²) in [5.41, 5.74) is 0. The highest BCUT2D eigenvalue weighted by molar-refractivity contribution is 7.20. The maximum absolute atomic E-state index is 13.1. The van der Waals surface area contributed by atoms with E-state index in [0.29, 0.717) is 9.58 Å². The van der Waals surface area contributed by atoms with Gasteiger partial charge in [0.05, 0.1) is 11.5 Å². The van der Waals surface area contributed by atoms with Gasteiger partial charge in [0.25, 0.3) is 5.91 Å². The Morgan fingerprint density at radius 3 is 2.80 bits per heavy atom. The van der Waals surface area contributed by atoms with E-state index in [1.807, 2.05) is 0 Å². The Morgan fingerprint density at radius 1 is 1.35 bits per heavy atom. The number of ether oxygens (including phenoxy) is 1. The second kappa shape index (κ2) is 6.00. The van der Waals surface area contributed by atoms with Crippen LogP contribution in [0, 0.1) is 5.82 Å². The summed E-state index contributed by atoms with van der Waals surface area (Å²) in [6, 6.07) is 6.07. The van der Waals surface area contributed by atoms with Crippen molar-refractivity contribution in [2.24, 2.45) is 0 Å². The zero-order valence-corrected chi connectivity index (χ0v) is 12.0. The van der Waals surface area contributed by atoms with Crippen LogP contribution in [-0.2, 0) is 9.53 Å². The molecule has 0 aliphatic carbocycles. The van der Waals surface area contributed by atoms with E-state index in [0.717, 1.165) is 5.39 Å². The first-order valence-electron chi connectivity index (χ1n) is 6.11. The Balaban J connectivity index is 2.16. The predicted molar refractivity (Wildman–Crippen MR) is 75.4 cm³/mol. The summed E-state index contributed by atoms with van der Waals surface area (Å²) in [5.74, 6) is -1.06. The van der Waals surface area contributed by atoms with Crippen LogP contribution in [0.4, 0.5) is 4.39 Å². The number of halogens is 1. The molecule has 6 heteroatoms. The van der Waals surface area contributed by atoms with Crippen LogP contribution in [0.1, 0.15) is 16.6 Å². The smallest absolute Gasteiger partial charge is 0.325 e. The Morgan fingerprint density at radius 2 is 2.10 bits per heavy atom. The molecule has 0 saturated heterocycles. The summed E-state index contributed by atoms with van der Waals surface area (Å²) in [6.45, 7) is 1.89. The fourth-order valence-corrected chi connectivity index (χ4v) is 2.85. The quantitative estimate of drug-likeness (QED) is 0.815. The van der Waals surface area contributed by atoms with Gasteiger partial charge in [-0.15, -0.1) is 11.3 Å². The molecule has 1 amide bonds. The summed E-state index contributed by atoms with van der Waals surface area (Å²) in [6.07, 6.45) is 0. The lowest BCUT2D eigenvalue weighted by Gasteiger charge is -2.14. The van der Waals surface area contributed by atoms with Gasteiger partial charge in [0.1, 0.15) is 12.4 Å². The zero-order valence-electron chi connectivity index (χ0n) is 11.2. The number of hydrogen-bond donors (Lipinski definition) is 0. The standard InChI is InChI=1S/C14H14FNO3S/c1-3-19-13(17)8-16(2)14(18)12-6-9-4-5-10(15)7-11(9)20-12/h4-7H,3,8H2,1-2H3. The molecule has 2 rings (SSSR count). The van der Waals surface area contributed by atoms with Crippen LogP contribution < -0.4 is 0 Å². The number of carbonyl (C=O) groups excluding carboxylic acids is 2.